The Balaban J connectivity index is 1.50. The molecule has 2 aromatic carbocycles. The van der Waals surface area contributed by atoms with E-state index in [0.717, 1.165) is 18.2 Å². The predicted octanol–water partition coefficient (Wildman–Crippen LogP) is 1.28. The summed E-state index contributed by atoms with van der Waals surface area (Å²) >= 11 is 0. The highest BCUT2D eigenvalue weighted by molar-refractivity contribution is 7.92. The molecule has 0 aliphatic carbocycles. The van der Waals surface area contributed by atoms with Crippen LogP contribution in [0.1, 0.15) is 11.1 Å². The van der Waals surface area contributed by atoms with Crippen LogP contribution in [0.15, 0.2) is 36.4 Å². The molecule has 3 N–H and O–H groups in total. The van der Waals surface area contributed by atoms with Gasteiger partial charge in [-0.05, 0) is 49.7 Å². The third-order valence-corrected chi connectivity index (χ3v) is 7.19. The minimum atomic E-state index is -3.40. The van der Waals surface area contributed by atoms with Crippen molar-refractivity contribution in [3.05, 3.63) is 47.5 Å². The molecule has 1 aliphatic heterocycles. The van der Waals surface area contributed by atoms with Crippen molar-refractivity contribution in [1.29, 1.82) is 0 Å². The maximum atomic E-state index is 11.9. The molecular weight excluding hydrogens is 482 g/mol. The molecule has 0 amide bonds. The van der Waals surface area contributed by atoms with E-state index in [1.165, 1.54) is 7.11 Å². The molecule has 0 fully saturated rings. The van der Waals surface area contributed by atoms with Crippen LogP contribution >= 0.6 is 0 Å². The SMILES string of the molecule is COc1ccc(OCC(O)CN(C)CCc2ccc(NS(C)(=O)=O)cc2)c2c1NS(=O)(=O)CC2. The molecule has 12 heteroatoms. The number of rotatable bonds is 11. The molecule has 0 radical (unpaired) electrons. The molecule has 1 unspecified atom stereocenters. The topological polar surface area (TPSA) is 134 Å². The standard InChI is InChI=1S/C22H31N3O7S2/c1-25(12-10-16-4-6-17(7-5-16)23-33(3,27)28)14-18(26)15-32-20-8-9-21(31-2)22-19(20)11-13-34(29,30)24-22/h4-9,18,23-24,26H,10-15H2,1-3H3. The molecular formula is C22H31N3O7S2. The van der Waals surface area contributed by atoms with E-state index in [0.29, 0.717) is 47.9 Å². The number of methoxy groups -OCH3 is 1. The molecule has 0 bridgehead atoms. The Morgan fingerprint density at radius 2 is 1.85 bits per heavy atom. The van der Waals surface area contributed by atoms with Gasteiger partial charge in [0.25, 0.3) is 0 Å². The van der Waals surface area contributed by atoms with Gasteiger partial charge in [0, 0.05) is 24.3 Å². The van der Waals surface area contributed by atoms with Gasteiger partial charge in [-0.1, -0.05) is 12.1 Å². The van der Waals surface area contributed by atoms with Crippen molar-refractivity contribution in [2.45, 2.75) is 18.9 Å². The number of nitrogens with zero attached hydrogens (tertiary/aromatic N) is 1. The molecule has 0 saturated carbocycles. The molecule has 0 spiro atoms. The summed E-state index contributed by atoms with van der Waals surface area (Å²) in [6.45, 7) is 1.13. The first-order valence-electron chi connectivity index (χ1n) is 10.7. The number of likely N-dealkylation sites (N-methyl/N-ethyl adjacent to an activating group) is 1. The summed E-state index contributed by atoms with van der Waals surface area (Å²) in [6, 6.07) is 10.5. The first-order valence-corrected chi connectivity index (χ1v) is 14.3. The Hall–Kier alpha value is -2.54. The highest BCUT2D eigenvalue weighted by Gasteiger charge is 2.26. The fourth-order valence-electron chi connectivity index (χ4n) is 3.68. The molecule has 10 nitrogen and oxygen atoms in total. The van der Waals surface area contributed by atoms with E-state index in [1.807, 2.05) is 24.1 Å². The van der Waals surface area contributed by atoms with Crippen molar-refractivity contribution >= 4 is 31.4 Å². The number of hydrogen-bond acceptors (Lipinski definition) is 8. The maximum Gasteiger partial charge on any atom is 0.233 e. The summed E-state index contributed by atoms with van der Waals surface area (Å²) < 4.78 is 62.5. The predicted molar refractivity (Wildman–Crippen MR) is 132 cm³/mol. The van der Waals surface area contributed by atoms with E-state index in [4.69, 9.17) is 9.47 Å². The van der Waals surface area contributed by atoms with Crippen molar-refractivity contribution in [3.63, 3.8) is 0 Å². The third kappa shape index (κ3) is 7.49. The second kappa shape index (κ2) is 10.8. The number of anilines is 2. The van der Waals surface area contributed by atoms with Gasteiger partial charge in [-0.15, -0.1) is 0 Å². The number of aliphatic hydroxyl groups excluding tert-OH is 1. The van der Waals surface area contributed by atoms with E-state index in [-0.39, 0.29) is 12.4 Å². The zero-order valence-corrected chi connectivity index (χ0v) is 21.1. The van der Waals surface area contributed by atoms with Crippen molar-refractivity contribution in [2.75, 3.05) is 55.3 Å². The molecule has 188 valence electrons. The van der Waals surface area contributed by atoms with Gasteiger partial charge in [0.1, 0.15) is 24.2 Å². The van der Waals surface area contributed by atoms with Crippen molar-refractivity contribution in [1.82, 2.24) is 4.90 Å². The fourth-order valence-corrected chi connectivity index (χ4v) is 5.35. The van der Waals surface area contributed by atoms with Crippen LogP contribution in [0.4, 0.5) is 11.4 Å². The highest BCUT2D eigenvalue weighted by Crippen LogP contribution is 2.39. The maximum absolute atomic E-state index is 11.9. The lowest BCUT2D eigenvalue weighted by Crippen LogP contribution is -2.34. The first-order chi connectivity index (χ1) is 16.0. The quantitative estimate of drug-likeness (QED) is 0.409. The number of benzene rings is 2. The fraction of sp³-hybridized carbons (Fsp3) is 0.455. The van der Waals surface area contributed by atoms with Crippen LogP contribution in [0.3, 0.4) is 0 Å². The summed E-state index contributed by atoms with van der Waals surface area (Å²) in [6.07, 6.45) is 1.39. The van der Waals surface area contributed by atoms with Gasteiger partial charge < -0.3 is 19.5 Å². The Bertz CT molecular complexity index is 1200. The minimum absolute atomic E-state index is 0.0415. The minimum Gasteiger partial charge on any atom is -0.495 e. The number of hydrogen-bond donors (Lipinski definition) is 3. The van der Waals surface area contributed by atoms with Crippen LogP contribution in [-0.2, 0) is 32.9 Å². The van der Waals surface area contributed by atoms with Crippen molar-refractivity contribution < 1.29 is 31.4 Å². The lowest BCUT2D eigenvalue weighted by atomic mass is 10.1. The van der Waals surface area contributed by atoms with E-state index in [1.54, 1.807) is 24.3 Å². The summed E-state index contributed by atoms with van der Waals surface area (Å²) in [5.74, 6) is 0.897. The van der Waals surface area contributed by atoms with Gasteiger partial charge in [0.05, 0.1) is 24.8 Å². The third-order valence-electron chi connectivity index (χ3n) is 5.32. The number of nitrogens with one attached hydrogen (secondary N) is 2. The zero-order valence-electron chi connectivity index (χ0n) is 19.4. The Morgan fingerprint density at radius 3 is 2.50 bits per heavy atom. The molecule has 1 atom stereocenters. The Morgan fingerprint density at radius 1 is 1.18 bits per heavy atom. The highest BCUT2D eigenvalue weighted by atomic mass is 32.2. The zero-order chi connectivity index (χ0) is 24.9. The number of ether oxygens (including phenoxy) is 2. The largest absolute Gasteiger partial charge is 0.495 e. The second-order valence-electron chi connectivity index (χ2n) is 8.34. The summed E-state index contributed by atoms with van der Waals surface area (Å²) in [4.78, 5) is 1.98. The van der Waals surface area contributed by atoms with Crippen molar-refractivity contribution in [3.8, 4) is 11.5 Å². The van der Waals surface area contributed by atoms with Crippen LogP contribution in [0, 0.1) is 0 Å². The lowest BCUT2D eigenvalue weighted by molar-refractivity contribution is 0.0763. The average Bonchev–Trinajstić information content (AvgIpc) is 2.75. The van der Waals surface area contributed by atoms with Crippen LogP contribution in [0.25, 0.3) is 0 Å². The molecule has 3 rings (SSSR count). The van der Waals surface area contributed by atoms with Gasteiger partial charge in [0.2, 0.25) is 20.0 Å². The molecule has 0 saturated heterocycles. The normalized spacial score (nSPS) is 15.8. The number of fused-ring (bicyclic) bond motifs is 1. The smallest absolute Gasteiger partial charge is 0.233 e. The van der Waals surface area contributed by atoms with Crippen LogP contribution in [0.5, 0.6) is 11.5 Å². The van der Waals surface area contributed by atoms with E-state index < -0.39 is 26.2 Å². The van der Waals surface area contributed by atoms with Gasteiger partial charge in [-0.2, -0.15) is 0 Å². The second-order valence-corrected chi connectivity index (χ2v) is 11.9. The first kappa shape index (κ1) is 26.1. The molecule has 1 aliphatic rings. The molecule has 0 aromatic heterocycles. The molecule has 1 heterocycles. The van der Waals surface area contributed by atoms with E-state index >= 15 is 0 Å². The molecule has 34 heavy (non-hydrogen) atoms. The number of aliphatic hydroxyl groups is 1. The Kier molecular flexibility index (Phi) is 8.29. The summed E-state index contributed by atoms with van der Waals surface area (Å²) in [5, 5.41) is 10.4. The monoisotopic (exact) mass is 513 g/mol. The Labute approximate surface area is 201 Å². The van der Waals surface area contributed by atoms with Crippen LogP contribution in [0.2, 0.25) is 0 Å². The van der Waals surface area contributed by atoms with Gasteiger partial charge >= 0.3 is 0 Å². The number of sulfonamides is 2. The summed E-state index contributed by atoms with van der Waals surface area (Å²) in [5.41, 5.74) is 2.66. The van der Waals surface area contributed by atoms with Gasteiger partial charge in [0.15, 0.2) is 0 Å². The van der Waals surface area contributed by atoms with Gasteiger partial charge in [-0.3, -0.25) is 9.44 Å². The van der Waals surface area contributed by atoms with Crippen LogP contribution in [-0.4, -0.2) is 78.8 Å². The lowest BCUT2D eigenvalue weighted by Gasteiger charge is -2.25. The van der Waals surface area contributed by atoms with E-state index in [2.05, 4.69) is 9.44 Å². The summed E-state index contributed by atoms with van der Waals surface area (Å²) in [7, 11) is -3.34. The van der Waals surface area contributed by atoms with Gasteiger partial charge in [-0.25, -0.2) is 16.8 Å². The van der Waals surface area contributed by atoms with E-state index in [9.17, 15) is 21.9 Å². The van der Waals surface area contributed by atoms with Crippen molar-refractivity contribution in [2.24, 2.45) is 0 Å². The average molecular weight is 514 g/mol. The van der Waals surface area contributed by atoms with Crippen LogP contribution < -0.4 is 18.9 Å². The molecule has 2 aromatic rings.